The lowest BCUT2D eigenvalue weighted by atomic mass is 9.69. The molecular weight excluding hydrogens is 272 g/mol. The molecule has 0 aromatic rings. The maximum Gasteiger partial charge on any atom is 0.266 e. The lowest BCUT2D eigenvalue weighted by Crippen LogP contribution is -2.50. The topological polar surface area (TPSA) is 32.7 Å². The fourth-order valence-corrected chi connectivity index (χ4v) is 3.95. The predicted octanol–water partition coefficient (Wildman–Crippen LogP) is 4.66. The maximum atomic E-state index is 12.3. The van der Waals surface area contributed by atoms with Gasteiger partial charge in [0.1, 0.15) is 5.66 Å². The molecule has 2 aliphatic rings. The van der Waals surface area contributed by atoms with Crippen molar-refractivity contribution < 1.29 is 4.79 Å². The van der Waals surface area contributed by atoms with Crippen LogP contribution in [0.4, 0.5) is 0 Å². The molecule has 1 saturated carbocycles. The van der Waals surface area contributed by atoms with Gasteiger partial charge in [0.25, 0.3) is 5.91 Å². The highest BCUT2D eigenvalue weighted by Crippen LogP contribution is 2.45. The van der Waals surface area contributed by atoms with Crippen LogP contribution in [0, 0.1) is 16.7 Å². The van der Waals surface area contributed by atoms with E-state index in [1.165, 1.54) is 12.8 Å². The van der Waals surface area contributed by atoms with E-state index in [0.717, 1.165) is 38.1 Å². The van der Waals surface area contributed by atoms with Crippen molar-refractivity contribution in [2.45, 2.75) is 85.7 Å². The number of amides is 1. The van der Waals surface area contributed by atoms with Crippen molar-refractivity contribution in [3.05, 3.63) is 0 Å². The molecule has 0 radical (unpaired) electrons. The van der Waals surface area contributed by atoms with Gasteiger partial charge in [0.15, 0.2) is 0 Å². The summed E-state index contributed by atoms with van der Waals surface area (Å²) >= 11 is 0. The lowest BCUT2D eigenvalue weighted by Gasteiger charge is -2.45. The Morgan fingerprint density at radius 3 is 2.27 bits per heavy atom. The van der Waals surface area contributed by atoms with E-state index in [1.807, 2.05) is 0 Å². The van der Waals surface area contributed by atoms with Gasteiger partial charge < -0.3 is 4.90 Å². The van der Waals surface area contributed by atoms with Gasteiger partial charge in [0.05, 0.1) is 6.21 Å². The standard InChI is InChI=1S/C19H34N2O/c1-17(2,3)10-7-13-21-16(22)14-20-19(21)11-8-15(9-12-19)18(4,5)6/h14-15H,7-13H2,1-6H3. The molecule has 126 valence electrons. The molecule has 0 aromatic heterocycles. The van der Waals surface area contributed by atoms with Gasteiger partial charge in [-0.15, -0.1) is 0 Å². The third kappa shape index (κ3) is 3.91. The molecule has 1 heterocycles. The Labute approximate surface area is 136 Å². The summed E-state index contributed by atoms with van der Waals surface area (Å²) in [6.07, 6.45) is 8.24. The first-order valence-electron chi connectivity index (χ1n) is 8.90. The summed E-state index contributed by atoms with van der Waals surface area (Å²) in [5.41, 5.74) is 0.488. The third-order valence-electron chi connectivity index (χ3n) is 5.50. The van der Waals surface area contributed by atoms with E-state index >= 15 is 0 Å². The highest BCUT2D eigenvalue weighted by molar-refractivity contribution is 6.28. The van der Waals surface area contributed by atoms with E-state index < -0.39 is 0 Å². The maximum absolute atomic E-state index is 12.3. The summed E-state index contributed by atoms with van der Waals surface area (Å²) in [6.45, 7) is 14.6. The first-order chi connectivity index (χ1) is 10.0. The van der Waals surface area contributed by atoms with Crippen molar-refractivity contribution in [3.63, 3.8) is 0 Å². The first kappa shape index (κ1) is 17.5. The molecule has 1 aliphatic carbocycles. The van der Waals surface area contributed by atoms with Crippen LogP contribution in [0.1, 0.15) is 80.1 Å². The second-order valence-electron chi connectivity index (χ2n) is 9.54. The summed E-state index contributed by atoms with van der Waals surface area (Å²) in [7, 11) is 0. The monoisotopic (exact) mass is 306 g/mol. The second kappa shape index (κ2) is 5.98. The number of nitrogens with zero attached hydrogens (tertiary/aromatic N) is 2. The highest BCUT2D eigenvalue weighted by Gasteiger charge is 2.46. The van der Waals surface area contributed by atoms with Gasteiger partial charge in [-0.25, -0.2) is 0 Å². The van der Waals surface area contributed by atoms with Gasteiger partial charge in [0, 0.05) is 6.54 Å². The Morgan fingerprint density at radius 2 is 1.77 bits per heavy atom. The van der Waals surface area contributed by atoms with E-state index in [1.54, 1.807) is 6.21 Å². The molecular formula is C19H34N2O. The number of aliphatic imine (C=N–C) groups is 1. The zero-order chi connectivity index (χ0) is 16.6. The van der Waals surface area contributed by atoms with Crippen LogP contribution in [0.3, 0.4) is 0 Å². The van der Waals surface area contributed by atoms with Gasteiger partial charge in [-0.2, -0.15) is 0 Å². The molecule has 1 amide bonds. The van der Waals surface area contributed by atoms with Crippen LogP contribution in [-0.4, -0.2) is 29.2 Å². The van der Waals surface area contributed by atoms with Crippen molar-refractivity contribution in [3.8, 4) is 0 Å². The predicted molar refractivity (Wildman–Crippen MR) is 93.0 cm³/mol. The van der Waals surface area contributed by atoms with Crippen LogP contribution in [0.2, 0.25) is 0 Å². The molecule has 1 fully saturated rings. The van der Waals surface area contributed by atoms with Crippen molar-refractivity contribution in [2.75, 3.05) is 6.54 Å². The van der Waals surface area contributed by atoms with E-state index in [-0.39, 0.29) is 11.6 Å². The fraction of sp³-hybridized carbons (Fsp3) is 0.895. The van der Waals surface area contributed by atoms with Gasteiger partial charge in [-0.05, 0) is 55.3 Å². The first-order valence-corrected chi connectivity index (χ1v) is 8.90. The minimum absolute atomic E-state index is 0.128. The van der Waals surface area contributed by atoms with Crippen LogP contribution in [-0.2, 0) is 4.79 Å². The van der Waals surface area contributed by atoms with Gasteiger partial charge >= 0.3 is 0 Å². The molecule has 1 spiro atoms. The van der Waals surface area contributed by atoms with Crippen molar-refractivity contribution in [1.29, 1.82) is 0 Å². The molecule has 0 aromatic carbocycles. The van der Waals surface area contributed by atoms with Gasteiger partial charge in [-0.3, -0.25) is 9.79 Å². The highest BCUT2D eigenvalue weighted by atomic mass is 16.2. The third-order valence-corrected chi connectivity index (χ3v) is 5.50. The quantitative estimate of drug-likeness (QED) is 0.746. The molecule has 22 heavy (non-hydrogen) atoms. The summed E-state index contributed by atoms with van der Waals surface area (Å²) < 4.78 is 0. The lowest BCUT2D eigenvalue weighted by molar-refractivity contribution is -0.129. The van der Waals surface area contributed by atoms with Crippen molar-refractivity contribution in [1.82, 2.24) is 4.90 Å². The van der Waals surface area contributed by atoms with Crippen LogP contribution >= 0.6 is 0 Å². The minimum Gasteiger partial charge on any atom is -0.313 e. The smallest absolute Gasteiger partial charge is 0.266 e. The summed E-state index contributed by atoms with van der Waals surface area (Å²) in [4.78, 5) is 19.0. The van der Waals surface area contributed by atoms with E-state index in [0.29, 0.717) is 10.8 Å². The minimum atomic E-state index is -0.212. The van der Waals surface area contributed by atoms with Gasteiger partial charge in [0.2, 0.25) is 0 Å². The molecule has 0 atom stereocenters. The van der Waals surface area contributed by atoms with Crippen molar-refractivity contribution in [2.24, 2.45) is 21.7 Å². The molecule has 3 heteroatoms. The average Bonchev–Trinajstić information content (AvgIpc) is 2.66. The van der Waals surface area contributed by atoms with E-state index in [2.05, 4.69) is 51.4 Å². The Hall–Kier alpha value is -0.860. The molecule has 0 N–H and O–H groups in total. The van der Waals surface area contributed by atoms with Crippen LogP contribution in [0.25, 0.3) is 0 Å². The summed E-state index contributed by atoms with van der Waals surface area (Å²) in [6, 6.07) is 0. The Morgan fingerprint density at radius 1 is 1.18 bits per heavy atom. The molecule has 0 saturated heterocycles. The number of carbonyl (C=O) groups is 1. The molecule has 1 aliphatic heterocycles. The average molecular weight is 306 g/mol. The van der Waals surface area contributed by atoms with Crippen molar-refractivity contribution >= 4 is 12.1 Å². The van der Waals surface area contributed by atoms with E-state index in [4.69, 9.17) is 0 Å². The molecule has 0 bridgehead atoms. The molecule has 3 nitrogen and oxygen atoms in total. The molecule has 2 rings (SSSR count). The number of carbonyl (C=O) groups excluding carboxylic acids is 1. The van der Waals surface area contributed by atoms with E-state index in [9.17, 15) is 4.79 Å². The number of rotatable bonds is 3. The Kier molecular flexibility index (Phi) is 4.75. The summed E-state index contributed by atoms with van der Waals surface area (Å²) in [5, 5.41) is 0. The fourth-order valence-electron chi connectivity index (χ4n) is 3.95. The Bertz CT molecular complexity index is 431. The number of hydrogen-bond acceptors (Lipinski definition) is 2. The normalized spacial score (nSPS) is 29.6. The molecule has 0 unspecified atom stereocenters. The van der Waals surface area contributed by atoms with Crippen LogP contribution < -0.4 is 0 Å². The van der Waals surface area contributed by atoms with Crippen LogP contribution in [0.5, 0.6) is 0 Å². The zero-order valence-electron chi connectivity index (χ0n) is 15.4. The zero-order valence-corrected chi connectivity index (χ0v) is 15.4. The number of hydrogen-bond donors (Lipinski definition) is 0. The SMILES string of the molecule is CC(C)(C)CCCN1C(=O)C=NC12CCC(C(C)(C)C)CC2. The second-order valence-corrected chi connectivity index (χ2v) is 9.54. The Balaban J connectivity index is 1.98. The van der Waals surface area contributed by atoms with Gasteiger partial charge in [-0.1, -0.05) is 41.5 Å². The summed E-state index contributed by atoms with van der Waals surface area (Å²) in [5.74, 6) is 0.878. The van der Waals surface area contributed by atoms with Crippen LogP contribution in [0.15, 0.2) is 4.99 Å². The largest absolute Gasteiger partial charge is 0.313 e.